The summed E-state index contributed by atoms with van der Waals surface area (Å²) in [4.78, 5) is 31.2. The van der Waals surface area contributed by atoms with Gasteiger partial charge in [0.05, 0.1) is 18.2 Å². The molecule has 0 bridgehead atoms. The summed E-state index contributed by atoms with van der Waals surface area (Å²) in [5.41, 5.74) is 1.63. The number of aromatic nitrogens is 2. The van der Waals surface area contributed by atoms with Gasteiger partial charge >= 0.3 is 12.6 Å². The van der Waals surface area contributed by atoms with Gasteiger partial charge in [0.25, 0.3) is 0 Å². The van der Waals surface area contributed by atoms with E-state index in [0.29, 0.717) is 6.54 Å². The Balaban J connectivity index is 1.67. The lowest BCUT2D eigenvalue weighted by Gasteiger charge is -2.50. The van der Waals surface area contributed by atoms with E-state index in [9.17, 15) is 14.2 Å². The van der Waals surface area contributed by atoms with Crippen LogP contribution in [0.4, 0.5) is 5.82 Å². The van der Waals surface area contributed by atoms with Gasteiger partial charge in [0, 0.05) is 26.2 Å². The molecule has 4 aromatic rings. The molecule has 44 heavy (non-hydrogen) atoms. The minimum atomic E-state index is -3.60. The molecule has 0 radical (unpaired) electrons. The van der Waals surface area contributed by atoms with E-state index in [0.717, 1.165) is 16.7 Å². The van der Waals surface area contributed by atoms with Gasteiger partial charge in [-0.15, -0.1) is 0 Å². The summed E-state index contributed by atoms with van der Waals surface area (Å²) >= 11 is 6.23. The number of hydrogen-bond donors (Lipinski definition) is 1. The normalized spacial score (nSPS) is 18.9. The van der Waals surface area contributed by atoms with Gasteiger partial charge in [0.1, 0.15) is 5.82 Å². The summed E-state index contributed by atoms with van der Waals surface area (Å²) in [6, 6.07) is 32.0. The SMILES string of the molecule is CC(=O)Nc1ccn(C2CN(C(c3ccccc3)(c3ccccc3)c3ccccc3)C[C@@H](CO[P@](=O)(Cl)N(C)C)O2)c(=O)n1. The molecule has 0 aliphatic carbocycles. The molecule has 2 heterocycles. The second-order valence-corrected chi connectivity index (χ2v) is 13.9. The smallest absolute Gasteiger partial charge is 0.350 e. The maximum atomic E-state index is 13.3. The molecule has 1 aliphatic heterocycles. The van der Waals surface area contributed by atoms with E-state index in [2.05, 4.69) is 51.6 Å². The maximum absolute atomic E-state index is 13.3. The minimum absolute atomic E-state index is 0.0907. The summed E-state index contributed by atoms with van der Waals surface area (Å²) in [6.07, 6.45) is 0.0975. The van der Waals surface area contributed by atoms with Crippen molar-refractivity contribution in [2.45, 2.75) is 24.8 Å². The molecule has 3 atom stereocenters. The van der Waals surface area contributed by atoms with Crippen molar-refractivity contribution < 1.29 is 18.6 Å². The number of carbonyl (C=O) groups is 1. The number of carbonyl (C=O) groups excluding carboxylic acids is 1. The highest BCUT2D eigenvalue weighted by Gasteiger charge is 2.46. The lowest BCUT2D eigenvalue weighted by Crippen LogP contribution is -2.58. The molecule has 1 aromatic heterocycles. The van der Waals surface area contributed by atoms with E-state index >= 15 is 0 Å². The molecular formula is C32H35ClN5O5P. The number of benzene rings is 3. The van der Waals surface area contributed by atoms with E-state index in [1.54, 1.807) is 26.4 Å². The number of morpholine rings is 1. The zero-order valence-electron chi connectivity index (χ0n) is 24.7. The Bertz CT molecular complexity index is 1580. The molecule has 0 spiro atoms. The van der Waals surface area contributed by atoms with Gasteiger partial charge in [0.2, 0.25) is 5.91 Å². The van der Waals surface area contributed by atoms with Crippen LogP contribution in [0.1, 0.15) is 29.8 Å². The number of rotatable bonds is 10. The van der Waals surface area contributed by atoms with Gasteiger partial charge in [-0.05, 0) is 48.1 Å². The molecule has 1 N–H and O–H groups in total. The van der Waals surface area contributed by atoms with E-state index < -0.39 is 30.4 Å². The molecule has 1 fully saturated rings. The highest BCUT2D eigenvalue weighted by molar-refractivity contribution is 7.83. The quantitative estimate of drug-likeness (QED) is 0.184. The minimum Gasteiger partial charge on any atom is -0.350 e. The highest BCUT2D eigenvalue weighted by Crippen LogP contribution is 2.54. The first kappa shape index (κ1) is 31.8. The Morgan fingerprint density at radius 3 is 1.95 bits per heavy atom. The van der Waals surface area contributed by atoms with Crippen molar-refractivity contribution in [2.24, 2.45) is 0 Å². The van der Waals surface area contributed by atoms with Crippen molar-refractivity contribution in [2.75, 3.05) is 39.1 Å². The van der Waals surface area contributed by atoms with Crippen LogP contribution in [0.15, 0.2) is 108 Å². The van der Waals surface area contributed by atoms with Gasteiger partial charge in [-0.2, -0.15) is 4.98 Å². The summed E-state index contributed by atoms with van der Waals surface area (Å²) in [6.45, 7) is -1.71. The summed E-state index contributed by atoms with van der Waals surface area (Å²) < 4.78 is 27.8. The van der Waals surface area contributed by atoms with Crippen molar-refractivity contribution in [3.8, 4) is 0 Å². The van der Waals surface area contributed by atoms with Crippen molar-refractivity contribution in [3.05, 3.63) is 130 Å². The van der Waals surface area contributed by atoms with Gasteiger partial charge < -0.3 is 14.6 Å². The van der Waals surface area contributed by atoms with Crippen LogP contribution < -0.4 is 11.0 Å². The molecule has 10 nitrogen and oxygen atoms in total. The standard InChI is InChI=1S/C32H35ClN5O5P/c1-24(39)34-29-19-20-38(31(40)35-29)30-22-37(21-28(43-30)23-42-44(33,41)36(2)3)32(25-13-7-4-8-14-25,26-15-9-5-10-16-26)27-17-11-6-12-18-27/h4-20,28,30H,21-23H2,1-3H3,(H,34,35,39,40)/t28-,30?,44+/m0/s1. The maximum Gasteiger partial charge on any atom is 0.362 e. The van der Waals surface area contributed by atoms with Crippen LogP contribution in [0.25, 0.3) is 0 Å². The fourth-order valence-corrected chi connectivity index (χ4v) is 6.34. The van der Waals surface area contributed by atoms with Crippen molar-refractivity contribution in [3.63, 3.8) is 0 Å². The van der Waals surface area contributed by atoms with Crippen molar-refractivity contribution in [1.82, 2.24) is 19.1 Å². The fourth-order valence-electron chi connectivity index (χ4n) is 5.59. The zero-order chi connectivity index (χ0) is 31.3. The van der Waals surface area contributed by atoms with Crippen LogP contribution in [0.5, 0.6) is 0 Å². The highest BCUT2D eigenvalue weighted by atomic mass is 35.7. The van der Waals surface area contributed by atoms with Crippen LogP contribution in [-0.4, -0.2) is 64.9 Å². The Labute approximate surface area is 261 Å². The molecule has 0 saturated carbocycles. The van der Waals surface area contributed by atoms with E-state index in [4.69, 9.17) is 20.5 Å². The second-order valence-electron chi connectivity index (χ2n) is 10.7. The third-order valence-corrected chi connectivity index (χ3v) is 10.2. The predicted molar refractivity (Wildman–Crippen MR) is 171 cm³/mol. The van der Waals surface area contributed by atoms with Gasteiger partial charge in [-0.25, -0.2) is 9.46 Å². The molecule has 1 amide bonds. The number of amides is 1. The van der Waals surface area contributed by atoms with Crippen LogP contribution >= 0.6 is 18.1 Å². The topological polar surface area (TPSA) is 106 Å². The fraction of sp³-hybridized carbons (Fsp3) is 0.281. The number of nitrogens with zero attached hydrogens (tertiary/aromatic N) is 4. The van der Waals surface area contributed by atoms with Crippen LogP contribution in [0.2, 0.25) is 0 Å². The summed E-state index contributed by atoms with van der Waals surface area (Å²) in [5, 5.41) is 2.54. The van der Waals surface area contributed by atoms with Crippen molar-refractivity contribution >= 4 is 29.8 Å². The Morgan fingerprint density at radius 2 is 1.50 bits per heavy atom. The summed E-state index contributed by atoms with van der Waals surface area (Å²) in [5.74, 6) is -0.190. The number of anilines is 1. The molecule has 1 unspecified atom stereocenters. The Kier molecular flexibility index (Phi) is 9.80. The van der Waals surface area contributed by atoms with Gasteiger partial charge in [0.15, 0.2) is 6.23 Å². The largest absolute Gasteiger partial charge is 0.362 e. The molecular weight excluding hydrogens is 601 g/mol. The van der Waals surface area contributed by atoms with E-state index in [1.165, 1.54) is 16.2 Å². The molecule has 5 rings (SSSR count). The average molecular weight is 636 g/mol. The number of ether oxygens (including phenoxy) is 1. The third-order valence-electron chi connectivity index (χ3n) is 7.54. The van der Waals surface area contributed by atoms with E-state index in [1.807, 2.05) is 54.6 Å². The lowest BCUT2D eigenvalue weighted by atomic mass is 9.75. The van der Waals surface area contributed by atoms with Crippen molar-refractivity contribution in [1.29, 1.82) is 0 Å². The molecule has 1 saturated heterocycles. The monoisotopic (exact) mass is 635 g/mol. The second kappa shape index (κ2) is 13.6. The number of nitrogens with one attached hydrogen (secondary N) is 1. The average Bonchev–Trinajstić information content (AvgIpc) is 3.02. The van der Waals surface area contributed by atoms with E-state index in [-0.39, 0.29) is 24.9 Å². The Morgan fingerprint density at radius 1 is 0.977 bits per heavy atom. The first-order chi connectivity index (χ1) is 21.1. The first-order valence-corrected chi connectivity index (χ1v) is 16.7. The van der Waals surface area contributed by atoms with Crippen LogP contribution in [0.3, 0.4) is 0 Å². The zero-order valence-corrected chi connectivity index (χ0v) is 26.4. The van der Waals surface area contributed by atoms with Gasteiger partial charge in [-0.1, -0.05) is 91.0 Å². The molecule has 3 aromatic carbocycles. The lowest BCUT2D eigenvalue weighted by molar-refractivity contribution is -0.148. The first-order valence-electron chi connectivity index (χ1n) is 14.2. The molecule has 12 heteroatoms. The third kappa shape index (κ3) is 6.71. The number of hydrogen-bond acceptors (Lipinski definition) is 7. The summed E-state index contributed by atoms with van der Waals surface area (Å²) in [7, 11) is 3.16. The predicted octanol–water partition coefficient (Wildman–Crippen LogP) is 5.32. The van der Waals surface area contributed by atoms with Crippen LogP contribution in [0, 0.1) is 0 Å². The van der Waals surface area contributed by atoms with Gasteiger partial charge in [-0.3, -0.25) is 18.8 Å². The Hall–Kier alpha value is -3.63. The molecule has 230 valence electrons. The van der Waals surface area contributed by atoms with Crippen LogP contribution in [-0.2, 0) is 24.2 Å². The number of halogens is 1. The molecule has 1 aliphatic rings.